The maximum absolute atomic E-state index is 5.14. The normalized spacial score (nSPS) is 13.1. The van der Waals surface area contributed by atoms with E-state index in [-0.39, 0.29) is 6.04 Å². The molecule has 1 rings (SSSR count). The van der Waals surface area contributed by atoms with E-state index in [0.717, 1.165) is 25.5 Å². The maximum Gasteiger partial charge on any atom is 0.191 e. The first-order valence-corrected chi connectivity index (χ1v) is 7.66. The fourth-order valence-electron chi connectivity index (χ4n) is 2.36. The van der Waals surface area contributed by atoms with Gasteiger partial charge in [0.25, 0.3) is 0 Å². The quantitative estimate of drug-likeness (QED) is 0.599. The van der Waals surface area contributed by atoms with E-state index in [9.17, 15) is 0 Å². The van der Waals surface area contributed by atoms with Crippen LogP contribution in [0, 0.1) is 13.8 Å². The van der Waals surface area contributed by atoms with E-state index in [1.165, 1.54) is 16.7 Å². The van der Waals surface area contributed by atoms with Crippen molar-refractivity contribution in [1.82, 2.24) is 10.6 Å². The van der Waals surface area contributed by atoms with Gasteiger partial charge >= 0.3 is 0 Å². The third kappa shape index (κ3) is 7.14. The van der Waals surface area contributed by atoms with Crippen molar-refractivity contribution in [3.63, 3.8) is 0 Å². The van der Waals surface area contributed by atoms with Crippen molar-refractivity contribution >= 4 is 5.96 Å². The van der Waals surface area contributed by atoms with Gasteiger partial charge in [0.05, 0.1) is 6.61 Å². The molecule has 0 aliphatic carbocycles. The molecule has 0 aliphatic rings. The van der Waals surface area contributed by atoms with Crippen LogP contribution in [0.2, 0.25) is 0 Å². The second-order valence-corrected chi connectivity index (χ2v) is 5.51. The third-order valence-electron chi connectivity index (χ3n) is 3.10. The summed E-state index contributed by atoms with van der Waals surface area (Å²) in [6.45, 7) is 10.7. The van der Waals surface area contributed by atoms with E-state index in [2.05, 4.69) is 61.5 Å². The van der Waals surface area contributed by atoms with Crippen molar-refractivity contribution in [2.45, 2.75) is 40.2 Å². The van der Waals surface area contributed by atoms with Crippen LogP contribution in [0.3, 0.4) is 0 Å². The first-order chi connectivity index (χ1) is 10.0. The largest absolute Gasteiger partial charge is 0.383 e. The zero-order chi connectivity index (χ0) is 15.7. The number of nitrogens with zero attached hydrogens (tertiary/aromatic N) is 1. The fraction of sp³-hybridized carbons (Fsp3) is 0.588. The smallest absolute Gasteiger partial charge is 0.191 e. The fourth-order valence-corrected chi connectivity index (χ4v) is 2.36. The number of benzene rings is 1. The van der Waals surface area contributed by atoms with Crippen LogP contribution < -0.4 is 10.6 Å². The summed E-state index contributed by atoms with van der Waals surface area (Å²) in [7, 11) is 1.71. The van der Waals surface area contributed by atoms with Gasteiger partial charge in [0.15, 0.2) is 5.96 Å². The number of nitrogens with one attached hydrogen (secondary N) is 2. The number of hydrogen-bond donors (Lipinski definition) is 2. The van der Waals surface area contributed by atoms with Crippen molar-refractivity contribution in [2.24, 2.45) is 4.99 Å². The second-order valence-electron chi connectivity index (χ2n) is 5.51. The van der Waals surface area contributed by atoms with E-state index in [1.807, 2.05) is 0 Å². The summed E-state index contributed by atoms with van der Waals surface area (Å²) in [5.41, 5.74) is 3.97. The number of aliphatic imine (C=N–C) groups is 1. The Hall–Kier alpha value is -1.55. The van der Waals surface area contributed by atoms with E-state index < -0.39 is 0 Å². The van der Waals surface area contributed by atoms with Gasteiger partial charge in [-0.3, -0.25) is 4.99 Å². The van der Waals surface area contributed by atoms with Crippen LogP contribution in [0.1, 0.15) is 30.5 Å². The summed E-state index contributed by atoms with van der Waals surface area (Å²) in [5, 5.41) is 6.61. The van der Waals surface area contributed by atoms with Gasteiger partial charge in [0.2, 0.25) is 0 Å². The molecular weight excluding hydrogens is 262 g/mol. The van der Waals surface area contributed by atoms with E-state index >= 15 is 0 Å². The molecule has 0 aromatic heterocycles. The Bertz CT molecular complexity index is 437. The zero-order valence-electron chi connectivity index (χ0n) is 14.0. The first kappa shape index (κ1) is 17.5. The minimum absolute atomic E-state index is 0.244. The summed E-state index contributed by atoms with van der Waals surface area (Å²) in [6, 6.07) is 6.91. The summed E-state index contributed by atoms with van der Waals surface area (Å²) >= 11 is 0. The highest BCUT2D eigenvalue weighted by Crippen LogP contribution is 2.09. The molecule has 4 heteroatoms. The Morgan fingerprint density at radius 1 is 1.24 bits per heavy atom. The molecule has 1 atom stereocenters. The highest BCUT2D eigenvalue weighted by atomic mass is 16.5. The first-order valence-electron chi connectivity index (χ1n) is 7.66. The van der Waals surface area contributed by atoms with Crippen molar-refractivity contribution < 1.29 is 4.74 Å². The highest BCUT2D eigenvalue weighted by Gasteiger charge is 2.04. The predicted molar refractivity (Wildman–Crippen MR) is 90.1 cm³/mol. The van der Waals surface area contributed by atoms with Gasteiger partial charge in [-0.25, -0.2) is 0 Å². The molecule has 0 spiro atoms. The van der Waals surface area contributed by atoms with Gasteiger partial charge in [0.1, 0.15) is 0 Å². The van der Waals surface area contributed by atoms with E-state index in [1.54, 1.807) is 7.11 Å². The third-order valence-corrected chi connectivity index (χ3v) is 3.10. The maximum atomic E-state index is 5.14. The molecule has 0 radical (unpaired) electrons. The Labute approximate surface area is 129 Å². The minimum Gasteiger partial charge on any atom is -0.383 e. The lowest BCUT2D eigenvalue weighted by Crippen LogP contribution is -2.44. The number of guanidine groups is 1. The van der Waals surface area contributed by atoms with Gasteiger partial charge in [-0.05, 0) is 39.7 Å². The Kier molecular flexibility index (Phi) is 7.83. The molecule has 2 N–H and O–H groups in total. The number of rotatable bonds is 7. The number of methoxy groups -OCH3 is 1. The average Bonchev–Trinajstić information content (AvgIpc) is 2.38. The molecular formula is C17H29N3O. The van der Waals surface area contributed by atoms with Crippen molar-refractivity contribution in [3.05, 3.63) is 34.9 Å². The number of ether oxygens (including phenoxy) is 1. The van der Waals surface area contributed by atoms with Gasteiger partial charge in [-0.2, -0.15) is 0 Å². The molecule has 21 heavy (non-hydrogen) atoms. The predicted octanol–water partition coefficient (Wildman–Crippen LogP) is 2.44. The Morgan fingerprint density at radius 3 is 2.48 bits per heavy atom. The molecule has 0 saturated carbocycles. The van der Waals surface area contributed by atoms with Gasteiger partial charge < -0.3 is 15.4 Å². The van der Waals surface area contributed by atoms with Crippen LogP contribution in [0.5, 0.6) is 0 Å². The average molecular weight is 291 g/mol. The van der Waals surface area contributed by atoms with Crippen molar-refractivity contribution in [3.8, 4) is 0 Å². The van der Waals surface area contributed by atoms with Gasteiger partial charge in [0, 0.05) is 26.2 Å². The van der Waals surface area contributed by atoms with Gasteiger partial charge in [-0.15, -0.1) is 0 Å². The molecule has 0 amide bonds. The summed E-state index contributed by atoms with van der Waals surface area (Å²) in [4.78, 5) is 4.63. The molecule has 4 nitrogen and oxygen atoms in total. The monoisotopic (exact) mass is 291 g/mol. The lowest BCUT2D eigenvalue weighted by molar-refractivity contribution is 0.179. The van der Waals surface area contributed by atoms with Crippen LogP contribution in [-0.2, 0) is 11.2 Å². The molecule has 1 aromatic carbocycles. The van der Waals surface area contributed by atoms with Crippen LogP contribution in [0.15, 0.2) is 23.2 Å². The summed E-state index contributed by atoms with van der Waals surface area (Å²) in [6.07, 6.45) is 0.956. The molecule has 1 unspecified atom stereocenters. The molecule has 0 heterocycles. The molecule has 118 valence electrons. The number of aryl methyl sites for hydroxylation is 2. The minimum atomic E-state index is 0.244. The molecule has 1 aromatic rings. The second kappa shape index (κ2) is 9.40. The summed E-state index contributed by atoms with van der Waals surface area (Å²) in [5.74, 6) is 0.853. The summed E-state index contributed by atoms with van der Waals surface area (Å²) < 4.78 is 5.14. The molecule has 0 fully saturated rings. The number of hydrogen-bond acceptors (Lipinski definition) is 2. The molecule has 0 saturated heterocycles. The molecule has 0 bridgehead atoms. The van der Waals surface area contributed by atoms with Crippen LogP contribution in [0.4, 0.5) is 0 Å². The standard InChI is InChI=1S/C17H29N3O/c1-6-18-17(20-15(4)12-21-5)19-8-7-16-10-13(2)9-14(3)11-16/h9-11,15H,6-8,12H2,1-5H3,(H2,18,19,20). The Balaban J connectivity index is 2.57. The highest BCUT2D eigenvalue weighted by molar-refractivity contribution is 5.80. The van der Waals surface area contributed by atoms with E-state index in [4.69, 9.17) is 4.74 Å². The zero-order valence-corrected chi connectivity index (χ0v) is 14.0. The van der Waals surface area contributed by atoms with Gasteiger partial charge in [-0.1, -0.05) is 29.3 Å². The Morgan fingerprint density at radius 2 is 1.90 bits per heavy atom. The lowest BCUT2D eigenvalue weighted by atomic mass is 10.1. The SMILES string of the molecule is CCNC(=NCCc1cc(C)cc(C)c1)NC(C)COC. The van der Waals surface area contributed by atoms with Crippen LogP contribution in [0.25, 0.3) is 0 Å². The lowest BCUT2D eigenvalue weighted by Gasteiger charge is -2.17. The van der Waals surface area contributed by atoms with Crippen molar-refractivity contribution in [2.75, 3.05) is 26.8 Å². The van der Waals surface area contributed by atoms with Crippen molar-refractivity contribution in [1.29, 1.82) is 0 Å². The molecule has 0 aliphatic heterocycles. The van der Waals surface area contributed by atoms with Crippen LogP contribution >= 0.6 is 0 Å². The van der Waals surface area contributed by atoms with Crippen LogP contribution in [-0.4, -0.2) is 38.8 Å². The van der Waals surface area contributed by atoms with E-state index in [0.29, 0.717) is 6.61 Å². The topological polar surface area (TPSA) is 45.7 Å².